The first-order valence-corrected chi connectivity index (χ1v) is 10.7. The second-order valence-electron chi connectivity index (χ2n) is 7.82. The highest BCUT2D eigenvalue weighted by molar-refractivity contribution is 5.77. The largest absolute Gasteiger partial charge is 0.483 e. The first kappa shape index (κ1) is 19.9. The Morgan fingerprint density at radius 3 is 2.66 bits per heavy atom. The summed E-state index contributed by atoms with van der Waals surface area (Å²) in [7, 11) is 0. The molecule has 0 bridgehead atoms. The number of fused-ring (bicyclic) bond motifs is 1. The summed E-state index contributed by atoms with van der Waals surface area (Å²) < 4.78 is 11.3. The molecule has 1 amide bonds. The summed E-state index contributed by atoms with van der Waals surface area (Å²) in [5, 5.41) is 3.02. The van der Waals surface area contributed by atoms with E-state index in [1.807, 2.05) is 18.2 Å². The van der Waals surface area contributed by atoms with Crippen molar-refractivity contribution in [3.05, 3.63) is 64.7 Å². The van der Waals surface area contributed by atoms with Gasteiger partial charge in [-0.05, 0) is 54.0 Å². The average Bonchev–Trinajstić information content (AvgIpc) is 2.78. The van der Waals surface area contributed by atoms with Crippen LogP contribution in [0.1, 0.15) is 35.1 Å². The van der Waals surface area contributed by atoms with Gasteiger partial charge in [-0.3, -0.25) is 9.69 Å². The molecule has 1 N–H and O–H groups in total. The molecule has 0 unspecified atom stereocenters. The molecule has 4 rings (SSSR count). The molecule has 154 valence electrons. The van der Waals surface area contributed by atoms with Crippen molar-refractivity contribution in [2.45, 2.75) is 38.8 Å². The van der Waals surface area contributed by atoms with Gasteiger partial charge in [0.15, 0.2) is 6.61 Å². The lowest BCUT2D eigenvalue weighted by atomic mass is 9.91. The van der Waals surface area contributed by atoms with Crippen LogP contribution >= 0.6 is 0 Å². The standard InChI is InChI=1S/C24H30N2O3/c27-24(18-29-23-11-5-9-19-6-3-4-10-22(19)23)25-16-20-7-1-2-8-21(20)17-26-12-14-28-15-13-26/h1-2,5,7-9,11H,3-4,6,10,12-18H2,(H,25,27). The van der Waals surface area contributed by atoms with Crippen LogP contribution in [0.3, 0.4) is 0 Å². The Hall–Kier alpha value is -2.37. The fourth-order valence-electron chi connectivity index (χ4n) is 4.15. The molecule has 1 aliphatic carbocycles. The minimum atomic E-state index is -0.0837. The number of aryl methyl sites for hydroxylation is 1. The molecular formula is C24H30N2O3. The second-order valence-corrected chi connectivity index (χ2v) is 7.82. The molecule has 1 heterocycles. The molecule has 0 atom stereocenters. The minimum Gasteiger partial charge on any atom is -0.483 e. The van der Waals surface area contributed by atoms with Crippen molar-refractivity contribution < 1.29 is 14.3 Å². The van der Waals surface area contributed by atoms with Gasteiger partial charge in [0.2, 0.25) is 0 Å². The Balaban J connectivity index is 1.30. The van der Waals surface area contributed by atoms with Crippen LogP contribution in [0.4, 0.5) is 0 Å². The number of carbonyl (C=O) groups is 1. The van der Waals surface area contributed by atoms with Gasteiger partial charge in [-0.1, -0.05) is 36.4 Å². The molecule has 0 radical (unpaired) electrons. The normalized spacial score (nSPS) is 16.8. The van der Waals surface area contributed by atoms with Gasteiger partial charge in [0.25, 0.3) is 5.91 Å². The maximum Gasteiger partial charge on any atom is 0.258 e. The molecule has 0 saturated carbocycles. The van der Waals surface area contributed by atoms with Gasteiger partial charge in [0, 0.05) is 26.2 Å². The first-order valence-electron chi connectivity index (χ1n) is 10.7. The Morgan fingerprint density at radius 1 is 1.00 bits per heavy atom. The fraction of sp³-hybridized carbons (Fsp3) is 0.458. The SMILES string of the molecule is O=C(COc1cccc2c1CCCC2)NCc1ccccc1CN1CCOCC1. The highest BCUT2D eigenvalue weighted by Gasteiger charge is 2.15. The van der Waals surface area contributed by atoms with Gasteiger partial charge >= 0.3 is 0 Å². The van der Waals surface area contributed by atoms with Crippen molar-refractivity contribution in [2.24, 2.45) is 0 Å². The smallest absolute Gasteiger partial charge is 0.258 e. The highest BCUT2D eigenvalue weighted by atomic mass is 16.5. The number of carbonyl (C=O) groups excluding carboxylic acids is 1. The highest BCUT2D eigenvalue weighted by Crippen LogP contribution is 2.29. The molecule has 1 saturated heterocycles. The lowest BCUT2D eigenvalue weighted by Crippen LogP contribution is -2.36. The number of amides is 1. The summed E-state index contributed by atoms with van der Waals surface area (Å²) >= 11 is 0. The maximum absolute atomic E-state index is 12.4. The number of nitrogens with zero attached hydrogens (tertiary/aromatic N) is 1. The van der Waals surface area contributed by atoms with Gasteiger partial charge in [-0.25, -0.2) is 0 Å². The third-order valence-electron chi connectivity index (χ3n) is 5.80. The number of morpholine rings is 1. The van der Waals surface area contributed by atoms with Crippen LogP contribution < -0.4 is 10.1 Å². The molecule has 5 heteroatoms. The second kappa shape index (κ2) is 9.90. The average molecular weight is 395 g/mol. The molecule has 5 nitrogen and oxygen atoms in total. The maximum atomic E-state index is 12.4. The summed E-state index contributed by atoms with van der Waals surface area (Å²) in [4.78, 5) is 14.8. The fourth-order valence-corrected chi connectivity index (χ4v) is 4.15. The molecular weight excluding hydrogens is 364 g/mol. The number of rotatable bonds is 7. The van der Waals surface area contributed by atoms with E-state index in [0.717, 1.165) is 57.0 Å². The minimum absolute atomic E-state index is 0.0576. The van der Waals surface area contributed by atoms with Gasteiger partial charge < -0.3 is 14.8 Å². The van der Waals surface area contributed by atoms with Gasteiger partial charge in [0.05, 0.1) is 13.2 Å². The Morgan fingerprint density at radius 2 is 1.79 bits per heavy atom. The topological polar surface area (TPSA) is 50.8 Å². The number of hydrogen-bond acceptors (Lipinski definition) is 4. The zero-order chi connectivity index (χ0) is 19.9. The molecule has 0 spiro atoms. The predicted molar refractivity (Wildman–Crippen MR) is 113 cm³/mol. The van der Waals surface area contributed by atoms with E-state index in [0.29, 0.717) is 6.54 Å². The molecule has 2 aromatic carbocycles. The Labute approximate surface area is 173 Å². The third-order valence-corrected chi connectivity index (χ3v) is 5.80. The Kier molecular flexibility index (Phi) is 6.80. The summed E-state index contributed by atoms with van der Waals surface area (Å²) in [6, 6.07) is 14.5. The van der Waals surface area contributed by atoms with Crippen LogP contribution in [-0.4, -0.2) is 43.7 Å². The predicted octanol–water partition coefficient (Wildman–Crippen LogP) is 3.09. The summed E-state index contributed by atoms with van der Waals surface area (Å²) in [5.41, 5.74) is 5.06. The molecule has 0 aromatic heterocycles. The first-order chi connectivity index (χ1) is 14.3. The van der Waals surface area contributed by atoms with Gasteiger partial charge in [0.1, 0.15) is 5.75 Å². The number of ether oxygens (including phenoxy) is 2. The van der Waals surface area contributed by atoms with E-state index in [1.165, 1.54) is 29.5 Å². The van der Waals surface area contributed by atoms with E-state index < -0.39 is 0 Å². The van der Waals surface area contributed by atoms with Crippen LogP contribution in [0.2, 0.25) is 0 Å². The summed E-state index contributed by atoms with van der Waals surface area (Å²) in [6.45, 7) is 4.96. The van der Waals surface area contributed by atoms with Crippen LogP contribution in [0.15, 0.2) is 42.5 Å². The van der Waals surface area contributed by atoms with Gasteiger partial charge in [-0.2, -0.15) is 0 Å². The van der Waals surface area contributed by atoms with E-state index in [1.54, 1.807) is 0 Å². The van der Waals surface area contributed by atoms with E-state index in [9.17, 15) is 4.79 Å². The molecule has 2 aliphatic rings. The van der Waals surface area contributed by atoms with Crippen molar-refractivity contribution >= 4 is 5.91 Å². The van der Waals surface area contributed by atoms with Crippen LogP contribution in [0, 0.1) is 0 Å². The Bertz CT molecular complexity index is 831. The molecule has 2 aromatic rings. The van der Waals surface area contributed by atoms with E-state index in [2.05, 4.69) is 34.5 Å². The molecule has 1 aliphatic heterocycles. The van der Waals surface area contributed by atoms with Gasteiger partial charge in [-0.15, -0.1) is 0 Å². The monoisotopic (exact) mass is 394 g/mol. The number of benzene rings is 2. The zero-order valence-electron chi connectivity index (χ0n) is 17.0. The van der Waals surface area contributed by atoms with E-state index in [-0.39, 0.29) is 12.5 Å². The van der Waals surface area contributed by atoms with E-state index >= 15 is 0 Å². The number of nitrogens with one attached hydrogen (secondary N) is 1. The van der Waals surface area contributed by atoms with Crippen molar-refractivity contribution in [3.8, 4) is 5.75 Å². The van der Waals surface area contributed by atoms with Crippen molar-refractivity contribution in [1.82, 2.24) is 10.2 Å². The summed E-state index contributed by atoms with van der Waals surface area (Å²) in [5.74, 6) is 0.782. The van der Waals surface area contributed by atoms with Crippen LogP contribution in [0.25, 0.3) is 0 Å². The molecule has 29 heavy (non-hydrogen) atoms. The lowest BCUT2D eigenvalue weighted by Gasteiger charge is -2.27. The summed E-state index contributed by atoms with van der Waals surface area (Å²) in [6.07, 6.45) is 4.58. The van der Waals surface area contributed by atoms with E-state index in [4.69, 9.17) is 9.47 Å². The van der Waals surface area contributed by atoms with Crippen molar-refractivity contribution in [2.75, 3.05) is 32.9 Å². The lowest BCUT2D eigenvalue weighted by molar-refractivity contribution is -0.123. The number of hydrogen-bond donors (Lipinski definition) is 1. The molecule has 1 fully saturated rings. The van der Waals surface area contributed by atoms with Crippen LogP contribution in [0.5, 0.6) is 5.75 Å². The van der Waals surface area contributed by atoms with Crippen LogP contribution in [-0.2, 0) is 35.5 Å². The third kappa shape index (κ3) is 5.37. The quantitative estimate of drug-likeness (QED) is 0.784. The zero-order valence-corrected chi connectivity index (χ0v) is 17.0. The van der Waals surface area contributed by atoms with Crippen molar-refractivity contribution in [3.63, 3.8) is 0 Å². The van der Waals surface area contributed by atoms with Crippen molar-refractivity contribution in [1.29, 1.82) is 0 Å².